The summed E-state index contributed by atoms with van der Waals surface area (Å²) in [6, 6.07) is 0.163. The lowest BCUT2D eigenvalue weighted by molar-refractivity contribution is -0.154. The number of rotatable bonds is 6. The van der Waals surface area contributed by atoms with Crippen molar-refractivity contribution in [3.05, 3.63) is 0 Å². The van der Waals surface area contributed by atoms with Crippen molar-refractivity contribution in [3.63, 3.8) is 0 Å². The van der Waals surface area contributed by atoms with E-state index in [0.29, 0.717) is 19.4 Å². The summed E-state index contributed by atoms with van der Waals surface area (Å²) >= 11 is 5.87. The minimum absolute atomic E-state index is 0.0525. The molecule has 2 amide bonds. The molecule has 5 atom stereocenters. The van der Waals surface area contributed by atoms with Crippen molar-refractivity contribution in [2.24, 2.45) is 5.92 Å². The quantitative estimate of drug-likeness (QED) is 0.559. The third-order valence-corrected chi connectivity index (χ3v) is 7.50. The molecule has 0 spiro atoms. The second-order valence-corrected chi connectivity index (χ2v) is 9.79. The number of halogens is 2. The lowest BCUT2D eigenvalue weighted by Gasteiger charge is -2.70. The Morgan fingerprint density at radius 1 is 1.25 bits per heavy atom. The molecule has 0 aromatic rings. The van der Waals surface area contributed by atoms with E-state index in [4.69, 9.17) is 16.3 Å². The summed E-state index contributed by atoms with van der Waals surface area (Å²) in [6.45, 7) is 2.64. The normalized spacial score (nSPS) is 45.1. The monoisotopic (exact) mass is 416 g/mol. The molecule has 0 radical (unpaired) electrons. The van der Waals surface area contributed by atoms with Gasteiger partial charge in [-0.1, -0.05) is 0 Å². The van der Waals surface area contributed by atoms with E-state index in [9.17, 15) is 14.0 Å². The zero-order chi connectivity index (χ0) is 20.1. The molecule has 5 aliphatic rings. The summed E-state index contributed by atoms with van der Waals surface area (Å²) in [5.41, 5.74) is 2.82. The van der Waals surface area contributed by atoms with E-state index < -0.39 is 11.5 Å². The Bertz CT molecular complexity index is 631. The van der Waals surface area contributed by atoms with Gasteiger partial charge in [-0.25, -0.2) is 9.40 Å². The van der Waals surface area contributed by atoms with Gasteiger partial charge in [0.25, 0.3) is 0 Å². The maximum atomic E-state index is 13.6. The molecule has 9 heteroatoms. The Balaban J connectivity index is 1.17. The maximum Gasteiger partial charge on any atom is 0.246 e. The molecule has 2 bridgehead atoms. The van der Waals surface area contributed by atoms with Gasteiger partial charge < -0.3 is 15.4 Å². The van der Waals surface area contributed by atoms with Crippen LogP contribution >= 0.6 is 11.6 Å². The summed E-state index contributed by atoms with van der Waals surface area (Å²) in [6.07, 6.45) is 2.52. The fourth-order valence-corrected chi connectivity index (χ4v) is 5.49. The largest absolute Gasteiger partial charge is 0.368 e. The van der Waals surface area contributed by atoms with Crippen molar-refractivity contribution in [2.45, 2.75) is 80.2 Å². The molecule has 28 heavy (non-hydrogen) atoms. The summed E-state index contributed by atoms with van der Waals surface area (Å²) < 4.78 is 19.2. The van der Waals surface area contributed by atoms with Crippen molar-refractivity contribution in [1.29, 1.82) is 0 Å². The molecule has 0 aromatic carbocycles. The van der Waals surface area contributed by atoms with Gasteiger partial charge in [-0.15, -0.1) is 11.6 Å². The number of nitrogens with zero attached hydrogens (tertiary/aromatic N) is 1. The lowest BCUT2D eigenvalue weighted by atomic mass is 9.44. The zero-order valence-electron chi connectivity index (χ0n) is 16.5. The Morgan fingerprint density at radius 2 is 1.93 bits per heavy atom. The average Bonchev–Trinajstić information content (AvgIpc) is 2.92. The van der Waals surface area contributed by atoms with E-state index in [1.807, 2.05) is 19.0 Å². The molecule has 4 aliphatic carbocycles. The summed E-state index contributed by atoms with van der Waals surface area (Å²) in [5, 5.41) is 7.78. The van der Waals surface area contributed by atoms with E-state index >= 15 is 0 Å². The molecule has 5 fully saturated rings. The number of carbonyl (C=O) groups is 2. The predicted molar refractivity (Wildman–Crippen MR) is 102 cm³/mol. The first-order valence-electron chi connectivity index (χ1n) is 10.2. The third-order valence-electron chi connectivity index (χ3n) is 7.01. The van der Waals surface area contributed by atoms with Crippen molar-refractivity contribution in [1.82, 2.24) is 21.1 Å². The minimum Gasteiger partial charge on any atom is -0.368 e. The number of hydrogen-bond acceptors (Lipinski definition) is 5. The van der Waals surface area contributed by atoms with Crippen LogP contribution in [0.1, 0.15) is 45.4 Å². The van der Waals surface area contributed by atoms with Crippen molar-refractivity contribution in [2.75, 3.05) is 20.2 Å². The average molecular weight is 417 g/mol. The molecule has 1 aliphatic heterocycles. The van der Waals surface area contributed by atoms with Crippen LogP contribution in [0.4, 0.5) is 4.39 Å². The SMILES string of the molecule is CC1C(C(=O)NC23CC(NC(=O)COC4CCC(Cl)C(F)C4)(C2)C3)CNN1C. The highest BCUT2D eigenvalue weighted by atomic mass is 35.5. The number of alkyl halides is 2. The van der Waals surface area contributed by atoms with E-state index in [-0.39, 0.29) is 54.0 Å². The zero-order valence-corrected chi connectivity index (χ0v) is 17.2. The van der Waals surface area contributed by atoms with Crippen LogP contribution in [0.3, 0.4) is 0 Å². The second-order valence-electron chi connectivity index (χ2n) is 9.23. The Hall–Kier alpha value is -0.960. The van der Waals surface area contributed by atoms with Crippen LogP contribution < -0.4 is 16.1 Å². The Labute approximate surface area is 170 Å². The fraction of sp³-hybridized carbons (Fsp3) is 0.895. The predicted octanol–water partition coefficient (Wildman–Crippen LogP) is 0.863. The molecule has 0 aromatic heterocycles. The molecular formula is C19H30ClFN4O3. The Kier molecular flexibility index (Phi) is 5.35. The smallest absolute Gasteiger partial charge is 0.246 e. The molecule has 4 saturated carbocycles. The molecular weight excluding hydrogens is 387 g/mol. The minimum atomic E-state index is -1.07. The molecule has 1 heterocycles. The van der Waals surface area contributed by atoms with Crippen LogP contribution in [0.5, 0.6) is 0 Å². The van der Waals surface area contributed by atoms with E-state index in [0.717, 1.165) is 19.3 Å². The highest BCUT2D eigenvalue weighted by molar-refractivity contribution is 6.21. The molecule has 3 N–H and O–H groups in total. The van der Waals surface area contributed by atoms with Crippen molar-refractivity contribution >= 4 is 23.4 Å². The highest BCUT2D eigenvalue weighted by Crippen LogP contribution is 2.60. The lowest BCUT2D eigenvalue weighted by Crippen LogP contribution is -2.84. The molecule has 7 nitrogen and oxygen atoms in total. The fourth-order valence-electron chi connectivity index (χ4n) is 5.27. The topological polar surface area (TPSA) is 82.7 Å². The number of ether oxygens (including phenoxy) is 1. The van der Waals surface area contributed by atoms with Gasteiger partial charge in [0.2, 0.25) is 11.8 Å². The number of nitrogens with one attached hydrogen (secondary N) is 3. The van der Waals surface area contributed by atoms with Crippen LogP contribution in [0.25, 0.3) is 0 Å². The summed E-state index contributed by atoms with van der Waals surface area (Å²) in [7, 11) is 1.95. The van der Waals surface area contributed by atoms with Crippen LogP contribution in [-0.4, -0.2) is 71.8 Å². The van der Waals surface area contributed by atoms with Crippen LogP contribution in [0, 0.1) is 5.92 Å². The maximum absolute atomic E-state index is 13.6. The standard InChI is InChI=1S/C19H30ClFN4O3/c1-11-13(6-22-25(11)2)17(27)24-19-8-18(9-19,10-19)23-16(26)7-28-12-3-4-14(20)15(21)5-12/h11-15,22H,3-10H2,1-2H3,(H,23,26)(H,24,27). The van der Waals surface area contributed by atoms with Crippen molar-refractivity contribution in [3.8, 4) is 0 Å². The van der Waals surface area contributed by atoms with Crippen LogP contribution in [0.2, 0.25) is 0 Å². The number of hydrazine groups is 1. The third kappa shape index (κ3) is 3.76. The first-order chi connectivity index (χ1) is 13.2. The second kappa shape index (κ2) is 7.38. The van der Waals surface area contributed by atoms with E-state index in [1.165, 1.54) is 0 Å². The number of amides is 2. The highest BCUT2D eigenvalue weighted by Gasteiger charge is 2.69. The van der Waals surface area contributed by atoms with Gasteiger partial charge in [-0.05, 0) is 39.0 Å². The van der Waals surface area contributed by atoms with Crippen LogP contribution in [0.15, 0.2) is 0 Å². The van der Waals surface area contributed by atoms with Crippen molar-refractivity contribution < 1.29 is 18.7 Å². The first-order valence-corrected chi connectivity index (χ1v) is 10.6. The van der Waals surface area contributed by atoms with Gasteiger partial charge in [0, 0.05) is 37.1 Å². The van der Waals surface area contributed by atoms with Gasteiger partial charge in [0.1, 0.15) is 12.8 Å². The molecule has 5 unspecified atom stereocenters. The molecule has 1 saturated heterocycles. The molecule has 158 valence electrons. The summed E-state index contributed by atoms with van der Waals surface area (Å²) in [5.74, 6) is -0.137. The van der Waals surface area contributed by atoms with Gasteiger partial charge >= 0.3 is 0 Å². The van der Waals surface area contributed by atoms with Gasteiger partial charge in [0.15, 0.2) is 0 Å². The summed E-state index contributed by atoms with van der Waals surface area (Å²) in [4.78, 5) is 24.8. The first kappa shape index (κ1) is 20.3. The van der Waals surface area contributed by atoms with E-state index in [1.54, 1.807) is 0 Å². The van der Waals surface area contributed by atoms with Gasteiger partial charge in [-0.2, -0.15) is 0 Å². The molecule has 5 rings (SSSR count). The van der Waals surface area contributed by atoms with Gasteiger partial charge in [0.05, 0.1) is 17.4 Å². The number of carbonyl (C=O) groups excluding carboxylic acids is 2. The van der Waals surface area contributed by atoms with Crippen LogP contribution in [-0.2, 0) is 14.3 Å². The van der Waals surface area contributed by atoms with Gasteiger partial charge in [-0.3, -0.25) is 15.0 Å². The number of hydrogen-bond donors (Lipinski definition) is 3. The Morgan fingerprint density at radius 3 is 2.54 bits per heavy atom. The van der Waals surface area contributed by atoms with E-state index in [2.05, 4.69) is 16.1 Å².